The molecule has 7 nitrogen and oxygen atoms in total. The molecule has 0 spiro atoms. The lowest BCUT2D eigenvalue weighted by Crippen LogP contribution is -2.48. The molecule has 120 valence electrons. The molecule has 1 N–H and O–H groups in total. The molecule has 3 rings (SSSR count). The number of aliphatic carboxylic acids is 1. The van der Waals surface area contributed by atoms with Gasteiger partial charge in [-0.15, -0.1) is 0 Å². The number of carbonyl (C=O) groups excluding carboxylic acids is 1. The Kier molecular flexibility index (Phi) is 4.07. The number of halogens is 1. The van der Waals surface area contributed by atoms with Crippen LogP contribution in [-0.2, 0) is 9.53 Å². The number of para-hydroxylation sites is 1. The maximum atomic E-state index is 13.7. The lowest BCUT2D eigenvalue weighted by Gasteiger charge is -2.30. The van der Waals surface area contributed by atoms with Crippen LogP contribution in [-0.4, -0.2) is 57.5 Å². The first kappa shape index (κ1) is 15.2. The lowest BCUT2D eigenvalue weighted by atomic mass is 10.2. The smallest absolute Gasteiger partial charge is 0.334 e. The van der Waals surface area contributed by atoms with E-state index in [1.165, 1.54) is 27.9 Å². The minimum Gasteiger partial charge on any atom is -0.479 e. The Labute approximate surface area is 130 Å². The summed E-state index contributed by atoms with van der Waals surface area (Å²) in [6, 6.07) is 7.55. The molecule has 1 aliphatic rings. The van der Waals surface area contributed by atoms with E-state index in [9.17, 15) is 14.0 Å². The molecule has 8 heteroatoms. The summed E-state index contributed by atoms with van der Waals surface area (Å²) in [5, 5.41) is 13.1. The van der Waals surface area contributed by atoms with Crippen LogP contribution in [0.5, 0.6) is 0 Å². The molecular weight excluding hydrogens is 305 g/mol. The van der Waals surface area contributed by atoms with Gasteiger partial charge in [0.25, 0.3) is 5.91 Å². The SMILES string of the molecule is O=C(O)C1CN(C(=O)c2ccn(-c3ccccc3F)n2)CCO1. The second kappa shape index (κ2) is 6.17. The summed E-state index contributed by atoms with van der Waals surface area (Å²) in [6.45, 7) is 0.395. The van der Waals surface area contributed by atoms with Crippen LogP contribution in [0.15, 0.2) is 36.5 Å². The summed E-state index contributed by atoms with van der Waals surface area (Å²) in [6.07, 6.45) is 0.446. The zero-order valence-electron chi connectivity index (χ0n) is 12.1. The number of hydrogen-bond acceptors (Lipinski definition) is 4. The molecule has 1 fully saturated rings. The summed E-state index contributed by atoms with van der Waals surface area (Å²) >= 11 is 0. The highest BCUT2D eigenvalue weighted by Crippen LogP contribution is 2.14. The summed E-state index contributed by atoms with van der Waals surface area (Å²) in [5.41, 5.74) is 0.358. The van der Waals surface area contributed by atoms with Gasteiger partial charge in [-0.05, 0) is 18.2 Å². The third-order valence-electron chi connectivity index (χ3n) is 3.54. The number of nitrogens with zero attached hydrogens (tertiary/aromatic N) is 3. The highest BCUT2D eigenvalue weighted by molar-refractivity contribution is 5.92. The van der Waals surface area contributed by atoms with Gasteiger partial charge in [-0.2, -0.15) is 5.10 Å². The van der Waals surface area contributed by atoms with Crippen molar-refractivity contribution in [1.29, 1.82) is 0 Å². The number of carboxylic acid groups (broad SMARTS) is 1. The van der Waals surface area contributed by atoms with Crippen LogP contribution in [0.25, 0.3) is 5.69 Å². The molecule has 1 aromatic carbocycles. The average Bonchev–Trinajstić information content (AvgIpc) is 3.04. The van der Waals surface area contributed by atoms with Gasteiger partial charge in [0.2, 0.25) is 0 Å². The summed E-state index contributed by atoms with van der Waals surface area (Å²) in [4.78, 5) is 24.7. The van der Waals surface area contributed by atoms with Gasteiger partial charge in [0.15, 0.2) is 11.8 Å². The number of ether oxygens (including phenoxy) is 1. The first-order chi connectivity index (χ1) is 11.1. The summed E-state index contributed by atoms with van der Waals surface area (Å²) < 4.78 is 20.1. The molecule has 1 aliphatic heterocycles. The first-order valence-corrected chi connectivity index (χ1v) is 7.00. The molecule has 1 atom stereocenters. The van der Waals surface area contributed by atoms with E-state index in [1.54, 1.807) is 18.2 Å². The van der Waals surface area contributed by atoms with Crippen LogP contribution in [0.4, 0.5) is 4.39 Å². The number of carboxylic acids is 1. The second-order valence-electron chi connectivity index (χ2n) is 5.05. The Morgan fingerprint density at radius 1 is 1.30 bits per heavy atom. The van der Waals surface area contributed by atoms with Crippen LogP contribution in [0, 0.1) is 5.82 Å². The van der Waals surface area contributed by atoms with E-state index >= 15 is 0 Å². The maximum Gasteiger partial charge on any atom is 0.334 e. The van der Waals surface area contributed by atoms with Crippen molar-refractivity contribution in [2.45, 2.75) is 6.10 Å². The Morgan fingerprint density at radius 2 is 2.09 bits per heavy atom. The summed E-state index contributed by atoms with van der Waals surface area (Å²) in [7, 11) is 0. The highest BCUT2D eigenvalue weighted by Gasteiger charge is 2.30. The van der Waals surface area contributed by atoms with Gasteiger partial charge >= 0.3 is 5.97 Å². The standard InChI is InChI=1S/C15H14FN3O4/c16-10-3-1-2-4-12(10)19-6-5-11(17-19)14(20)18-7-8-23-13(9-18)15(21)22/h1-6,13H,7-9H2,(H,21,22). The lowest BCUT2D eigenvalue weighted by molar-refractivity contribution is -0.154. The van der Waals surface area contributed by atoms with Gasteiger partial charge in [-0.25, -0.2) is 13.9 Å². The van der Waals surface area contributed by atoms with Crippen molar-refractivity contribution < 1.29 is 23.8 Å². The van der Waals surface area contributed by atoms with E-state index in [0.717, 1.165) is 0 Å². The van der Waals surface area contributed by atoms with E-state index < -0.39 is 23.8 Å². The largest absolute Gasteiger partial charge is 0.479 e. The fourth-order valence-electron chi connectivity index (χ4n) is 2.35. The fraction of sp³-hybridized carbons (Fsp3) is 0.267. The molecular formula is C15H14FN3O4. The molecule has 1 amide bonds. The predicted molar refractivity (Wildman–Crippen MR) is 76.8 cm³/mol. The highest BCUT2D eigenvalue weighted by atomic mass is 19.1. The van der Waals surface area contributed by atoms with Crippen LogP contribution >= 0.6 is 0 Å². The van der Waals surface area contributed by atoms with Crippen molar-refractivity contribution in [3.8, 4) is 5.69 Å². The quantitative estimate of drug-likeness (QED) is 0.910. The Bertz CT molecular complexity index is 746. The minimum atomic E-state index is -1.11. The summed E-state index contributed by atoms with van der Waals surface area (Å²) in [5.74, 6) is -1.97. The predicted octanol–water partition coefficient (Wildman–Crippen LogP) is 0.937. The van der Waals surface area contributed by atoms with Gasteiger partial charge in [-0.3, -0.25) is 4.79 Å². The van der Waals surface area contributed by atoms with E-state index in [2.05, 4.69) is 5.10 Å². The van der Waals surface area contributed by atoms with Crippen molar-refractivity contribution in [2.75, 3.05) is 19.7 Å². The minimum absolute atomic E-state index is 0.0409. The van der Waals surface area contributed by atoms with Gasteiger partial charge in [0.1, 0.15) is 11.5 Å². The molecule has 23 heavy (non-hydrogen) atoms. The third kappa shape index (κ3) is 3.07. The van der Waals surface area contributed by atoms with Crippen LogP contribution in [0.2, 0.25) is 0 Å². The Morgan fingerprint density at radius 3 is 2.83 bits per heavy atom. The molecule has 2 aromatic rings. The average molecular weight is 319 g/mol. The fourth-order valence-corrected chi connectivity index (χ4v) is 2.35. The molecule has 0 bridgehead atoms. The Hall–Kier alpha value is -2.74. The molecule has 1 saturated heterocycles. The monoisotopic (exact) mass is 319 g/mol. The number of benzene rings is 1. The molecule has 1 unspecified atom stereocenters. The Balaban J connectivity index is 1.79. The van der Waals surface area contributed by atoms with Crippen LogP contribution in [0.3, 0.4) is 0 Å². The molecule has 0 saturated carbocycles. The van der Waals surface area contributed by atoms with Crippen LogP contribution < -0.4 is 0 Å². The van der Waals surface area contributed by atoms with Crippen molar-refractivity contribution in [3.63, 3.8) is 0 Å². The molecule has 0 aliphatic carbocycles. The number of amides is 1. The van der Waals surface area contributed by atoms with Gasteiger partial charge in [0, 0.05) is 12.7 Å². The molecule has 0 radical (unpaired) electrons. The molecule has 1 aromatic heterocycles. The zero-order chi connectivity index (χ0) is 16.4. The topological polar surface area (TPSA) is 84.7 Å². The van der Waals surface area contributed by atoms with Gasteiger partial charge < -0.3 is 14.7 Å². The number of aromatic nitrogens is 2. The first-order valence-electron chi connectivity index (χ1n) is 7.00. The number of hydrogen-bond donors (Lipinski definition) is 1. The molecule has 2 heterocycles. The number of rotatable bonds is 3. The van der Waals surface area contributed by atoms with E-state index in [1.807, 2.05) is 0 Å². The number of carbonyl (C=O) groups is 2. The maximum absolute atomic E-state index is 13.7. The van der Waals surface area contributed by atoms with E-state index in [-0.39, 0.29) is 31.1 Å². The van der Waals surface area contributed by atoms with E-state index in [0.29, 0.717) is 0 Å². The third-order valence-corrected chi connectivity index (χ3v) is 3.54. The van der Waals surface area contributed by atoms with E-state index in [4.69, 9.17) is 9.84 Å². The van der Waals surface area contributed by atoms with Crippen LogP contribution in [0.1, 0.15) is 10.5 Å². The van der Waals surface area contributed by atoms with Gasteiger partial charge in [-0.1, -0.05) is 12.1 Å². The van der Waals surface area contributed by atoms with Gasteiger partial charge in [0.05, 0.1) is 13.2 Å². The second-order valence-corrected chi connectivity index (χ2v) is 5.05. The van der Waals surface area contributed by atoms with Crippen molar-refractivity contribution >= 4 is 11.9 Å². The van der Waals surface area contributed by atoms with Crippen molar-refractivity contribution in [3.05, 3.63) is 48.0 Å². The zero-order valence-corrected chi connectivity index (χ0v) is 12.1. The number of morpholine rings is 1. The normalized spacial score (nSPS) is 18.0. The van der Waals surface area contributed by atoms with Crippen molar-refractivity contribution in [2.24, 2.45) is 0 Å². The van der Waals surface area contributed by atoms with Crippen molar-refractivity contribution in [1.82, 2.24) is 14.7 Å².